The van der Waals surface area contributed by atoms with Crippen LogP contribution in [0.15, 0.2) is 48.7 Å². The molecule has 3 rings (SSSR count). The number of rotatable bonds is 4. The van der Waals surface area contributed by atoms with Crippen molar-refractivity contribution in [2.24, 2.45) is 0 Å². The summed E-state index contributed by atoms with van der Waals surface area (Å²) in [7, 11) is 1.91. The summed E-state index contributed by atoms with van der Waals surface area (Å²) in [6, 6.07) is 13.8. The molecule has 21 heavy (non-hydrogen) atoms. The summed E-state index contributed by atoms with van der Waals surface area (Å²) in [5, 5.41) is 4.15. The molecule has 0 bridgehead atoms. The fourth-order valence-electron chi connectivity index (χ4n) is 2.19. The van der Waals surface area contributed by atoms with Crippen molar-refractivity contribution >= 4 is 10.9 Å². The normalized spacial score (nSPS) is 10.8. The molecule has 0 aliphatic carbocycles. The van der Waals surface area contributed by atoms with Crippen LogP contribution in [0.5, 0.6) is 11.6 Å². The second kappa shape index (κ2) is 5.89. The average molecular weight is 279 g/mol. The van der Waals surface area contributed by atoms with Gasteiger partial charge in [0.2, 0.25) is 5.88 Å². The van der Waals surface area contributed by atoms with Gasteiger partial charge in [0.15, 0.2) is 5.75 Å². The maximum Gasteiger partial charge on any atom is 0.219 e. The van der Waals surface area contributed by atoms with Gasteiger partial charge in [0, 0.05) is 29.9 Å². The second-order valence-corrected chi connectivity index (χ2v) is 4.92. The van der Waals surface area contributed by atoms with Gasteiger partial charge in [-0.3, -0.25) is 0 Å². The predicted octanol–water partition coefficient (Wildman–Crippen LogP) is 3.45. The van der Waals surface area contributed by atoms with Crippen molar-refractivity contribution in [3.05, 3.63) is 59.9 Å². The molecule has 1 aromatic carbocycles. The number of para-hydroxylation sites is 1. The summed E-state index contributed by atoms with van der Waals surface area (Å²) >= 11 is 0. The van der Waals surface area contributed by atoms with Crippen LogP contribution in [-0.4, -0.2) is 17.0 Å². The molecule has 2 aromatic heterocycles. The molecule has 0 saturated carbocycles. The van der Waals surface area contributed by atoms with Crippen LogP contribution in [0.4, 0.5) is 0 Å². The number of hydrogen-bond donors (Lipinski definition) is 1. The van der Waals surface area contributed by atoms with Gasteiger partial charge in [-0.1, -0.05) is 24.3 Å². The van der Waals surface area contributed by atoms with E-state index in [1.165, 1.54) is 0 Å². The Morgan fingerprint density at radius 2 is 2.00 bits per heavy atom. The Morgan fingerprint density at radius 1 is 1.10 bits per heavy atom. The van der Waals surface area contributed by atoms with Crippen molar-refractivity contribution in [3.63, 3.8) is 0 Å². The Balaban J connectivity index is 1.92. The van der Waals surface area contributed by atoms with Gasteiger partial charge in [-0.2, -0.15) is 0 Å². The Morgan fingerprint density at radius 3 is 2.76 bits per heavy atom. The van der Waals surface area contributed by atoms with E-state index in [1.54, 1.807) is 0 Å². The van der Waals surface area contributed by atoms with E-state index >= 15 is 0 Å². The lowest BCUT2D eigenvalue weighted by Crippen LogP contribution is -2.05. The zero-order chi connectivity index (χ0) is 14.7. The first-order valence-electron chi connectivity index (χ1n) is 6.90. The third-order valence-electron chi connectivity index (χ3n) is 3.22. The molecule has 4 heteroatoms. The Hall–Kier alpha value is -2.46. The Bertz CT molecular complexity index is 754. The number of pyridine rings is 2. The van der Waals surface area contributed by atoms with E-state index in [0.29, 0.717) is 5.88 Å². The molecule has 0 fully saturated rings. The fourth-order valence-corrected chi connectivity index (χ4v) is 2.19. The van der Waals surface area contributed by atoms with Crippen LogP contribution in [0.25, 0.3) is 10.9 Å². The molecule has 106 valence electrons. The van der Waals surface area contributed by atoms with Crippen molar-refractivity contribution in [1.29, 1.82) is 0 Å². The molecule has 2 heterocycles. The minimum absolute atomic E-state index is 0.575. The molecule has 0 radical (unpaired) electrons. The van der Waals surface area contributed by atoms with E-state index in [4.69, 9.17) is 4.74 Å². The van der Waals surface area contributed by atoms with E-state index in [2.05, 4.69) is 15.3 Å². The molecular weight excluding hydrogens is 262 g/mol. The lowest BCUT2D eigenvalue weighted by atomic mass is 10.2. The van der Waals surface area contributed by atoms with E-state index in [1.807, 2.05) is 62.6 Å². The van der Waals surface area contributed by atoms with E-state index < -0.39 is 0 Å². The maximum absolute atomic E-state index is 5.89. The Labute approximate surface area is 123 Å². The summed E-state index contributed by atoms with van der Waals surface area (Å²) in [6.45, 7) is 2.77. The number of ether oxygens (including phenoxy) is 1. The third-order valence-corrected chi connectivity index (χ3v) is 3.22. The maximum atomic E-state index is 5.89. The first-order valence-corrected chi connectivity index (χ1v) is 6.90. The van der Waals surface area contributed by atoms with Gasteiger partial charge in [-0.05, 0) is 31.7 Å². The average Bonchev–Trinajstić information content (AvgIpc) is 2.50. The summed E-state index contributed by atoms with van der Waals surface area (Å²) in [5.74, 6) is 1.30. The highest BCUT2D eigenvalue weighted by molar-refractivity contribution is 5.84. The first kappa shape index (κ1) is 13.5. The van der Waals surface area contributed by atoms with Crippen LogP contribution in [0.2, 0.25) is 0 Å². The van der Waals surface area contributed by atoms with Gasteiger partial charge in [-0.15, -0.1) is 0 Å². The largest absolute Gasteiger partial charge is 0.437 e. The molecule has 3 aromatic rings. The Kier molecular flexibility index (Phi) is 3.79. The standard InChI is InChI=1S/C17H17N3O/c1-12-6-8-14-4-3-5-15(17(14)20-12)21-16-9-7-13(10-18-2)11-19-16/h3-9,11,18H,10H2,1-2H3. The molecule has 0 atom stereocenters. The van der Waals surface area contributed by atoms with E-state index in [9.17, 15) is 0 Å². The van der Waals surface area contributed by atoms with Crippen LogP contribution in [0.1, 0.15) is 11.3 Å². The molecule has 0 amide bonds. The minimum atomic E-state index is 0.575. The molecule has 0 aliphatic heterocycles. The summed E-state index contributed by atoms with van der Waals surface area (Å²) in [6.07, 6.45) is 1.82. The minimum Gasteiger partial charge on any atom is -0.437 e. The van der Waals surface area contributed by atoms with Crippen molar-refractivity contribution in [1.82, 2.24) is 15.3 Å². The van der Waals surface area contributed by atoms with E-state index in [0.717, 1.165) is 34.5 Å². The molecule has 4 nitrogen and oxygen atoms in total. The smallest absolute Gasteiger partial charge is 0.219 e. The van der Waals surface area contributed by atoms with Gasteiger partial charge < -0.3 is 10.1 Å². The van der Waals surface area contributed by atoms with Gasteiger partial charge in [-0.25, -0.2) is 9.97 Å². The predicted molar refractivity (Wildman–Crippen MR) is 83.6 cm³/mol. The number of aromatic nitrogens is 2. The van der Waals surface area contributed by atoms with Crippen molar-refractivity contribution in [2.45, 2.75) is 13.5 Å². The van der Waals surface area contributed by atoms with Gasteiger partial charge >= 0.3 is 0 Å². The number of fused-ring (bicyclic) bond motifs is 1. The van der Waals surface area contributed by atoms with Gasteiger partial charge in [0.05, 0.1) is 0 Å². The monoisotopic (exact) mass is 279 g/mol. The number of nitrogens with one attached hydrogen (secondary N) is 1. The molecule has 0 spiro atoms. The van der Waals surface area contributed by atoms with Crippen molar-refractivity contribution in [3.8, 4) is 11.6 Å². The number of aryl methyl sites for hydroxylation is 1. The quantitative estimate of drug-likeness (QED) is 0.794. The highest BCUT2D eigenvalue weighted by atomic mass is 16.5. The number of hydrogen-bond acceptors (Lipinski definition) is 4. The number of nitrogens with zero attached hydrogens (tertiary/aromatic N) is 2. The lowest BCUT2D eigenvalue weighted by molar-refractivity contribution is 0.466. The molecule has 0 aliphatic rings. The highest BCUT2D eigenvalue weighted by Crippen LogP contribution is 2.27. The second-order valence-electron chi connectivity index (χ2n) is 4.92. The van der Waals surface area contributed by atoms with Crippen LogP contribution >= 0.6 is 0 Å². The van der Waals surface area contributed by atoms with Crippen LogP contribution in [-0.2, 0) is 6.54 Å². The summed E-state index contributed by atoms with van der Waals surface area (Å²) in [5.41, 5.74) is 2.95. The van der Waals surface area contributed by atoms with Gasteiger partial charge in [0.25, 0.3) is 0 Å². The molecular formula is C17H17N3O. The summed E-state index contributed by atoms with van der Waals surface area (Å²) in [4.78, 5) is 8.89. The third kappa shape index (κ3) is 3.01. The van der Waals surface area contributed by atoms with Crippen LogP contribution in [0.3, 0.4) is 0 Å². The van der Waals surface area contributed by atoms with Crippen molar-refractivity contribution in [2.75, 3.05) is 7.05 Å². The lowest BCUT2D eigenvalue weighted by Gasteiger charge is -2.08. The zero-order valence-electron chi connectivity index (χ0n) is 12.1. The zero-order valence-corrected chi connectivity index (χ0v) is 12.1. The topological polar surface area (TPSA) is 47.0 Å². The molecule has 0 saturated heterocycles. The van der Waals surface area contributed by atoms with Gasteiger partial charge in [0.1, 0.15) is 5.52 Å². The molecule has 0 unspecified atom stereocenters. The highest BCUT2D eigenvalue weighted by Gasteiger charge is 2.06. The molecule has 1 N–H and O–H groups in total. The van der Waals surface area contributed by atoms with Crippen molar-refractivity contribution < 1.29 is 4.74 Å². The SMILES string of the molecule is CNCc1ccc(Oc2cccc3ccc(C)nc23)nc1. The fraction of sp³-hybridized carbons (Fsp3) is 0.176. The van der Waals surface area contributed by atoms with Crippen LogP contribution in [0, 0.1) is 6.92 Å². The number of benzene rings is 1. The first-order chi connectivity index (χ1) is 10.3. The van der Waals surface area contributed by atoms with Crippen LogP contribution < -0.4 is 10.1 Å². The summed E-state index contributed by atoms with van der Waals surface area (Å²) < 4.78 is 5.89. The van der Waals surface area contributed by atoms with E-state index in [-0.39, 0.29) is 0 Å².